The summed E-state index contributed by atoms with van der Waals surface area (Å²) in [4.78, 5) is 0. The van der Waals surface area contributed by atoms with Gasteiger partial charge in [0.25, 0.3) is 0 Å². The van der Waals surface area contributed by atoms with E-state index in [-0.39, 0.29) is 5.82 Å². The summed E-state index contributed by atoms with van der Waals surface area (Å²) < 4.78 is 13.3. The van der Waals surface area contributed by atoms with Crippen LogP contribution in [0.15, 0.2) is 18.2 Å². The molecule has 0 fully saturated rings. The molecule has 1 atom stereocenters. The Morgan fingerprint density at radius 2 is 2.29 bits per heavy atom. The van der Waals surface area contributed by atoms with E-state index in [0.717, 1.165) is 37.3 Å². The lowest BCUT2D eigenvalue weighted by Gasteiger charge is -2.27. The van der Waals surface area contributed by atoms with Gasteiger partial charge in [0.05, 0.1) is 0 Å². The number of hydrogen-bond donors (Lipinski definition) is 2. The second-order valence-electron chi connectivity index (χ2n) is 5.20. The SMILES string of the molecule is CC(C)CNCC1CCNc2ccc(F)cc21. The molecule has 1 unspecified atom stereocenters. The standard InChI is InChI=1S/C14H21FN2/c1-10(2)8-16-9-11-5-6-17-14-4-3-12(15)7-13(11)14/h3-4,7,10-11,16-17H,5-6,8-9H2,1-2H3. The molecule has 1 aliphatic heterocycles. The third kappa shape index (κ3) is 3.19. The van der Waals surface area contributed by atoms with E-state index < -0.39 is 0 Å². The van der Waals surface area contributed by atoms with E-state index in [1.54, 1.807) is 6.07 Å². The summed E-state index contributed by atoms with van der Waals surface area (Å²) in [5, 5.41) is 6.79. The Labute approximate surface area is 103 Å². The summed E-state index contributed by atoms with van der Waals surface area (Å²) in [6.07, 6.45) is 1.07. The van der Waals surface area contributed by atoms with Crippen molar-refractivity contribution in [3.05, 3.63) is 29.6 Å². The maximum Gasteiger partial charge on any atom is 0.123 e. The summed E-state index contributed by atoms with van der Waals surface area (Å²) in [5.41, 5.74) is 2.21. The second-order valence-corrected chi connectivity index (χ2v) is 5.20. The summed E-state index contributed by atoms with van der Waals surface area (Å²) in [6.45, 7) is 7.34. The van der Waals surface area contributed by atoms with Crippen molar-refractivity contribution in [2.45, 2.75) is 26.2 Å². The first kappa shape index (κ1) is 12.4. The van der Waals surface area contributed by atoms with Gasteiger partial charge in [-0.1, -0.05) is 13.8 Å². The highest BCUT2D eigenvalue weighted by atomic mass is 19.1. The van der Waals surface area contributed by atoms with Crippen LogP contribution in [0.5, 0.6) is 0 Å². The molecule has 94 valence electrons. The molecule has 0 bridgehead atoms. The van der Waals surface area contributed by atoms with Crippen molar-refractivity contribution < 1.29 is 4.39 Å². The molecule has 1 heterocycles. The first-order valence-electron chi connectivity index (χ1n) is 6.41. The zero-order valence-electron chi connectivity index (χ0n) is 10.6. The number of halogens is 1. The fraction of sp³-hybridized carbons (Fsp3) is 0.571. The first-order chi connectivity index (χ1) is 8.16. The van der Waals surface area contributed by atoms with E-state index in [4.69, 9.17) is 0 Å². The Morgan fingerprint density at radius 3 is 3.06 bits per heavy atom. The first-order valence-corrected chi connectivity index (χ1v) is 6.41. The minimum absolute atomic E-state index is 0.138. The Bertz CT molecular complexity index is 376. The molecule has 0 aromatic heterocycles. The number of nitrogens with one attached hydrogen (secondary N) is 2. The molecule has 0 saturated heterocycles. The van der Waals surface area contributed by atoms with E-state index in [0.29, 0.717) is 11.8 Å². The minimum atomic E-state index is -0.138. The molecule has 0 radical (unpaired) electrons. The van der Waals surface area contributed by atoms with E-state index in [2.05, 4.69) is 24.5 Å². The van der Waals surface area contributed by atoms with Crippen LogP contribution in [0, 0.1) is 11.7 Å². The molecule has 0 aliphatic carbocycles. The van der Waals surface area contributed by atoms with Crippen molar-refractivity contribution in [2.24, 2.45) is 5.92 Å². The maximum absolute atomic E-state index is 13.3. The van der Waals surface area contributed by atoms with Gasteiger partial charge in [-0.15, -0.1) is 0 Å². The lowest BCUT2D eigenvalue weighted by Crippen LogP contribution is -2.29. The molecule has 1 aliphatic rings. The molecule has 3 heteroatoms. The maximum atomic E-state index is 13.3. The summed E-state index contributed by atoms with van der Waals surface area (Å²) in [7, 11) is 0. The van der Waals surface area contributed by atoms with Gasteiger partial charge in [0.1, 0.15) is 5.82 Å². The zero-order chi connectivity index (χ0) is 12.3. The topological polar surface area (TPSA) is 24.1 Å². The molecule has 1 aromatic rings. The Balaban J connectivity index is 2.03. The third-order valence-electron chi connectivity index (χ3n) is 3.21. The van der Waals surface area contributed by atoms with Crippen LogP contribution in [0.1, 0.15) is 31.7 Å². The summed E-state index contributed by atoms with van der Waals surface area (Å²) in [5.74, 6) is 0.950. The summed E-state index contributed by atoms with van der Waals surface area (Å²) >= 11 is 0. The summed E-state index contributed by atoms with van der Waals surface area (Å²) in [6, 6.07) is 5.04. The molecule has 0 amide bonds. The highest BCUT2D eigenvalue weighted by Gasteiger charge is 2.20. The number of anilines is 1. The van der Waals surface area contributed by atoms with Crippen LogP contribution in [-0.4, -0.2) is 19.6 Å². The zero-order valence-corrected chi connectivity index (χ0v) is 10.6. The molecule has 0 saturated carbocycles. The van der Waals surface area contributed by atoms with Gasteiger partial charge in [-0.3, -0.25) is 0 Å². The number of hydrogen-bond acceptors (Lipinski definition) is 2. The van der Waals surface area contributed by atoms with Crippen LogP contribution in [0.2, 0.25) is 0 Å². The van der Waals surface area contributed by atoms with Crippen molar-refractivity contribution in [1.29, 1.82) is 0 Å². The molecule has 0 spiro atoms. The normalized spacial score (nSPS) is 18.9. The van der Waals surface area contributed by atoms with Crippen LogP contribution < -0.4 is 10.6 Å². The Morgan fingerprint density at radius 1 is 1.47 bits per heavy atom. The fourth-order valence-electron chi connectivity index (χ4n) is 2.33. The van der Waals surface area contributed by atoms with E-state index >= 15 is 0 Å². The van der Waals surface area contributed by atoms with Gasteiger partial charge in [-0.2, -0.15) is 0 Å². The monoisotopic (exact) mass is 236 g/mol. The van der Waals surface area contributed by atoms with Gasteiger partial charge < -0.3 is 10.6 Å². The van der Waals surface area contributed by atoms with Crippen molar-refractivity contribution >= 4 is 5.69 Å². The van der Waals surface area contributed by atoms with Crippen molar-refractivity contribution in [3.63, 3.8) is 0 Å². The quantitative estimate of drug-likeness (QED) is 0.840. The highest BCUT2D eigenvalue weighted by molar-refractivity contribution is 5.55. The smallest absolute Gasteiger partial charge is 0.123 e. The molecule has 1 aromatic carbocycles. The number of rotatable bonds is 4. The third-order valence-corrected chi connectivity index (χ3v) is 3.21. The fourth-order valence-corrected chi connectivity index (χ4v) is 2.33. The van der Waals surface area contributed by atoms with Crippen LogP contribution in [0.25, 0.3) is 0 Å². The lowest BCUT2D eigenvalue weighted by atomic mass is 9.91. The lowest BCUT2D eigenvalue weighted by molar-refractivity contribution is 0.499. The van der Waals surface area contributed by atoms with Crippen molar-refractivity contribution in [2.75, 3.05) is 25.0 Å². The Kier molecular flexibility index (Phi) is 4.00. The van der Waals surface area contributed by atoms with Gasteiger partial charge >= 0.3 is 0 Å². The van der Waals surface area contributed by atoms with Crippen LogP contribution in [0.3, 0.4) is 0 Å². The van der Waals surface area contributed by atoms with Gasteiger partial charge in [-0.25, -0.2) is 4.39 Å². The van der Waals surface area contributed by atoms with Gasteiger partial charge in [-0.05, 0) is 42.6 Å². The molecule has 17 heavy (non-hydrogen) atoms. The Hall–Kier alpha value is -1.09. The highest BCUT2D eigenvalue weighted by Crippen LogP contribution is 2.31. The largest absolute Gasteiger partial charge is 0.385 e. The number of benzene rings is 1. The predicted octanol–water partition coefficient (Wildman–Crippen LogP) is 2.97. The minimum Gasteiger partial charge on any atom is -0.385 e. The van der Waals surface area contributed by atoms with Crippen LogP contribution >= 0.6 is 0 Å². The van der Waals surface area contributed by atoms with E-state index in [9.17, 15) is 4.39 Å². The average Bonchev–Trinajstić information content (AvgIpc) is 2.29. The molecule has 2 N–H and O–H groups in total. The van der Waals surface area contributed by atoms with Gasteiger partial charge in [0, 0.05) is 24.7 Å². The number of fused-ring (bicyclic) bond motifs is 1. The second kappa shape index (κ2) is 5.50. The van der Waals surface area contributed by atoms with Gasteiger partial charge in [0.15, 0.2) is 0 Å². The van der Waals surface area contributed by atoms with E-state index in [1.807, 2.05) is 6.07 Å². The van der Waals surface area contributed by atoms with E-state index in [1.165, 1.54) is 6.07 Å². The van der Waals surface area contributed by atoms with Crippen LogP contribution in [-0.2, 0) is 0 Å². The van der Waals surface area contributed by atoms with Gasteiger partial charge in [0.2, 0.25) is 0 Å². The predicted molar refractivity (Wildman–Crippen MR) is 70.0 cm³/mol. The van der Waals surface area contributed by atoms with Crippen molar-refractivity contribution in [1.82, 2.24) is 5.32 Å². The molecule has 2 nitrogen and oxygen atoms in total. The van der Waals surface area contributed by atoms with Crippen LogP contribution in [0.4, 0.5) is 10.1 Å². The van der Waals surface area contributed by atoms with Crippen molar-refractivity contribution in [3.8, 4) is 0 Å². The average molecular weight is 236 g/mol. The molecular formula is C14H21FN2. The molecule has 2 rings (SSSR count). The molecular weight excluding hydrogens is 215 g/mol.